The van der Waals surface area contributed by atoms with Gasteiger partial charge in [-0.2, -0.15) is 4.98 Å². The Bertz CT molecular complexity index is 589. The highest BCUT2D eigenvalue weighted by molar-refractivity contribution is 5.56. The van der Waals surface area contributed by atoms with E-state index in [-0.39, 0.29) is 11.2 Å². The highest BCUT2D eigenvalue weighted by Crippen LogP contribution is 2.48. The van der Waals surface area contributed by atoms with Gasteiger partial charge in [0.25, 0.3) is 0 Å². The van der Waals surface area contributed by atoms with Crippen LogP contribution in [0, 0.1) is 5.41 Å². The van der Waals surface area contributed by atoms with E-state index in [0.717, 1.165) is 17.9 Å². The van der Waals surface area contributed by atoms with Gasteiger partial charge in [0, 0.05) is 11.5 Å². The minimum absolute atomic E-state index is 0.213. The molecule has 0 amide bonds. The summed E-state index contributed by atoms with van der Waals surface area (Å²) in [4.78, 5) is 4.51. The minimum Gasteiger partial charge on any atom is -0.508 e. The largest absolute Gasteiger partial charge is 0.508 e. The lowest BCUT2D eigenvalue weighted by atomic mass is 9.82. The van der Waals surface area contributed by atoms with E-state index in [4.69, 9.17) is 4.52 Å². The molecule has 3 rings (SSSR count). The van der Waals surface area contributed by atoms with E-state index in [1.807, 2.05) is 6.07 Å². The summed E-state index contributed by atoms with van der Waals surface area (Å²) < 4.78 is 5.44. The Morgan fingerprint density at radius 3 is 2.89 bits per heavy atom. The summed E-state index contributed by atoms with van der Waals surface area (Å²) in [5.41, 5.74) is 1.01. The molecule has 1 atom stereocenters. The molecule has 4 nitrogen and oxygen atoms in total. The number of aromatic nitrogens is 2. The van der Waals surface area contributed by atoms with Crippen LogP contribution in [0.15, 0.2) is 28.8 Å². The topological polar surface area (TPSA) is 59.2 Å². The van der Waals surface area contributed by atoms with Crippen molar-refractivity contribution in [3.8, 4) is 17.1 Å². The zero-order valence-corrected chi connectivity index (χ0v) is 11.3. The maximum absolute atomic E-state index is 9.49. The number of hydrogen-bond donors (Lipinski definition) is 1. The van der Waals surface area contributed by atoms with Crippen molar-refractivity contribution in [3.63, 3.8) is 0 Å². The van der Waals surface area contributed by atoms with Crippen molar-refractivity contribution in [3.05, 3.63) is 30.2 Å². The van der Waals surface area contributed by atoms with E-state index in [2.05, 4.69) is 24.0 Å². The summed E-state index contributed by atoms with van der Waals surface area (Å²) in [6.45, 7) is 4.51. The smallest absolute Gasteiger partial charge is 0.230 e. The summed E-state index contributed by atoms with van der Waals surface area (Å²) in [5.74, 6) is 1.82. The monoisotopic (exact) mass is 258 g/mol. The van der Waals surface area contributed by atoms with Crippen LogP contribution in [0.4, 0.5) is 0 Å². The molecule has 0 bridgehead atoms. The van der Waals surface area contributed by atoms with Crippen molar-refractivity contribution >= 4 is 0 Å². The number of nitrogens with zero attached hydrogens (tertiary/aromatic N) is 2. The molecule has 1 aromatic heterocycles. The van der Waals surface area contributed by atoms with E-state index in [0.29, 0.717) is 11.7 Å². The quantitative estimate of drug-likeness (QED) is 0.891. The molecule has 0 saturated heterocycles. The van der Waals surface area contributed by atoms with E-state index < -0.39 is 0 Å². The molecule has 19 heavy (non-hydrogen) atoms. The van der Waals surface area contributed by atoms with Gasteiger partial charge in [-0.1, -0.05) is 37.6 Å². The highest BCUT2D eigenvalue weighted by Gasteiger charge is 2.39. The molecule has 1 aliphatic carbocycles. The molecule has 4 heteroatoms. The molecule has 1 aliphatic rings. The zero-order chi connectivity index (χ0) is 13.5. The van der Waals surface area contributed by atoms with Gasteiger partial charge in [0.15, 0.2) is 0 Å². The second-order valence-corrected chi connectivity index (χ2v) is 5.94. The van der Waals surface area contributed by atoms with Crippen LogP contribution < -0.4 is 0 Å². The number of phenolic OH excluding ortho intramolecular Hbond substituents is 1. The van der Waals surface area contributed by atoms with Crippen LogP contribution in [0.2, 0.25) is 0 Å². The van der Waals surface area contributed by atoms with Gasteiger partial charge in [-0.3, -0.25) is 0 Å². The third-order valence-electron chi connectivity index (χ3n) is 4.10. The Morgan fingerprint density at radius 1 is 1.37 bits per heavy atom. The fraction of sp³-hybridized carbons (Fsp3) is 0.467. The summed E-state index contributed by atoms with van der Waals surface area (Å²) in [7, 11) is 0. The van der Waals surface area contributed by atoms with Crippen molar-refractivity contribution in [2.45, 2.75) is 39.0 Å². The second-order valence-electron chi connectivity index (χ2n) is 5.94. The number of hydrogen-bond acceptors (Lipinski definition) is 4. The molecular formula is C15H18N2O2. The molecule has 1 N–H and O–H groups in total. The summed E-state index contributed by atoms with van der Waals surface area (Å²) in [6.07, 6.45) is 3.51. The molecule has 0 aliphatic heterocycles. The van der Waals surface area contributed by atoms with Gasteiger partial charge in [-0.05, 0) is 30.4 Å². The SMILES string of the molecule is CC1(C)CCCC1c1nc(-c2cccc(O)c2)no1. The molecule has 100 valence electrons. The van der Waals surface area contributed by atoms with Crippen LogP contribution in [0.1, 0.15) is 44.9 Å². The summed E-state index contributed by atoms with van der Waals surface area (Å²) >= 11 is 0. The minimum atomic E-state index is 0.213. The first kappa shape index (κ1) is 12.2. The molecule has 2 aromatic rings. The Kier molecular flexibility index (Phi) is 2.81. The Morgan fingerprint density at radius 2 is 2.21 bits per heavy atom. The Labute approximate surface area is 112 Å². The van der Waals surface area contributed by atoms with Gasteiger partial charge in [-0.25, -0.2) is 0 Å². The van der Waals surface area contributed by atoms with Gasteiger partial charge in [0.1, 0.15) is 5.75 Å². The molecule has 1 unspecified atom stereocenters. The molecule has 1 aromatic carbocycles. The van der Waals surface area contributed by atoms with Crippen LogP contribution in [-0.2, 0) is 0 Å². The van der Waals surface area contributed by atoms with E-state index in [1.165, 1.54) is 12.8 Å². The maximum Gasteiger partial charge on any atom is 0.230 e. The first-order chi connectivity index (χ1) is 9.06. The van der Waals surface area contributed by atoms with Gasteiger partial charge in [0.2, 0.25) is 11.7 Å². The summed E-state index contributed by atoms with van der Waals surface area (Å²) in [5, 5.41) is 13.5. The fourth-order valence-electron chi connectivity index (χ4n) is 2.92. The molecule has 1 heterocycles. The normalized spacial score (nSPS) is 21.7. The van der Waals surface area contributed by atoms with Crippen LogP contribution in [0.5, 0.6) is 5.75 Å². The third kappa shape index (κ3) is 2.23. The van der Waals surface area contributed by atoms with Crippen molar-refractivity contribution < 1.29 is 9.63 Å². The van der Waals surface area contributed by atoms with Gasteiger partial charge < -0.3 is 9.63 Å². The first-order valence-electron chi connectivity index (χ1n) is 6.69. The lowest BCUT2D eigenvalue weighted by Crippen LogP contribution is -2.15. The molecular weight excluding hydrogens is 240 g/mol. The summed E-state index contributed by atoms with van der Waals surface area (Å²) in [6, 6.07) is 6.92. The Hall–Kier alpha value is -1.84. The number of rotatable bonds is 2. The van der Waals surface area contributed by atoms with Crippen molar-refractivity contribution in [1.82, 2.24) is 10.1 Å². The van der Waals surface area contributed by atoms with Crippen molar-refractivity contribution in [1.29, 1.82) is 0 Å². The van der Waals surface area contributed by atoms with E-state index >= 15 is 0 Å². The lowest BCUT2D eigenvalue weighted by Gasteiger charge is -2.23. The van der Waals surface area contributed by atoms with E-state index in [9.17, 15) is 5.11 Å². The van der Waals surface area contributed by atoms with Crippen LogP contribution in [0.3, 0.4) is 0 Å². The van der Waals surface area contributed by atoms with E-state index in [1.54, 1.807) is 18.2 Å². The first-order valence-corrected chi connectivity index (χ1v) is 6.69. The van der Waals surface area contributed by atoms with Crippen LogP contribution in [0.25, 0.3) is 11.4 Å². The Balaban J connectivity index is 1.92. The average molecular weight is 258 g/mol. The second kappa shape index (κ2) is 4.37. The van der Waals surface area contributed by atoms with Crippen molar-refractivity contribution in [2.24, 2.45) is 5.41 Å². The predicted molar refractivity (Wildman–Crippen MR) is 71.8 cm³/mol. The standard InChI is InChI=1S/C15H18N2O2/c1-15(2)8-4-7-12(15)14-16-13(17-19-14)10-5-3-6-11(18)9-10/h3,5-6,9,12,18H,4,7-8H2,1-2H3. The molecule has 1 saturated carbocycles. The highest BCUT2D eigenvalue weighted by atomic mass is 16.5. The number of phenols is 1. The molecule has 0 spiro atoms. The molecule has 0 radical (unpaired) electrons. The van der Waals surface area contributed by atoms with Crippen LogP contribution >= 0.6 is 0 Å². The van der Waals surface area contributed by atoms with Crippen molar-refractivity contribution in [2.75, 3.05) is 0 Å². The lowest BCUT2D eigenvalue weighted by molar-refractivity contribution is 0.261. The number of benzene rings is 1. The number of aromatic hydroxyl groups is 1. The maximum atomic E-state index is 9.49. The van der Waals surface area contributed by atoms with Crippen LogP contribution in [-0.4, -0.2) is 15.2 Å². The predicted octanol–water partition coefficient (Wildman–Crippen LogP) is 3.74. The zero-order valence-electron chi connectivity index (χ0n) is 11.3. The van der Waals surface area contributed by atoms with Gasteiger partial charge in [0.05, 0.1) is 0 Å². The third-order valence-corrected chi connectivity index (χ3v) is 4.10. The fourth-order valence-corrected chi connectivity index (χ4v) is 2.92. The van der Waals surface area contributed by atoms with Gasteiger partial charge in [-0.15, -0.1) is 0 Å². The van der Waals surface area contributed by atoms with Gasteiger partial charge >= 0.3 is 0 Å². The molecule has 1 fully saturated rings. The average Bonchev–Trinajstić information content (AvgIpc) is 2.95.